The molecule has 4 heterocycles. The summed E-state index contributed by atoms with van der Waals surface area (Å²) in [5.74, 6) is 1.83. The van der Waals surface area contributed by atoms with Crippen molar-refractivity contribution < 1.29 is 9.63 Å². The Bertz CT molecular complexity index is 1190. The van der Waals surface area contributed by atoms with Crippen LogP contribution in [0.2, 0.25) is 0 Å². The number of amides is 1. The maximum Gasteiger partial charge on any atom is 0.225 e. The second kappa shape index (κ2) is 12.0. The second-order valence-corrected chi connectivity index (χ2v) is 9.83. The molecule has 8 nitrogen and oxygen atoms in total. The third kappa shape index (κ3) is 6.51. The summed E-state index contributed by atoms with van der Waals surface area (Å²) in [6, 6.07) is 19.3. The molecule has 0 unspecified atom stereocenters. The number of carbonyl (C=O) groups is 1. The minimum atomic E-state index is 0.0978. The van der Waals surface area contributed by atoms with Gasteiger partial charge in [-0.2, -0.15) is 0 Å². The summed E-state index contributed by atoms with van der Waals surface area (Å²) in [5.41, 5.74) is 8.66. The largest absolute Gasteiger partial charge is 0.384 e. The van der Waals surface area contributed by atoms with Gasteiger partial charge < -0.3 is 15.5 Å². The summed E-state index contributed by atoms with van der Waals surface area (Å²) in [7, 11) is 0. The van der Waals surface area contributed by atoms with Crippen molar-refractivity contribution in [1.29, 1.82) is 0 Å². The number of nitrogen functional groups attached to an aromatic ring is 1. The lowest BCUT2D eigenvalue weighted by atomic mass is 9.88. The molecule has 2 aromatic heterocycles. The number of nitrogens with two attached hydrogens (primary N) is 1. The summed E-state index contributed by atoms with van der Waals surface area (Å²) in [6.07, 6.45) is 7.02. The zero-order valence-corrected chi connectivity index (χ0v) is 21.1. The second-order valence-electron chi connectivity index (χ2n) is 9.83. The molecule has 2 aliphatic rings. The van der Waals surface area contributed by atoms with Gasteiger partial charge >= 0.3 is 0 Å². The Hall–Kier alpha value is -3.78. The smallest absolute Gasteiger partial charge is 0.225 e. The number of aromatic nitrogens is 2. The molecule has 3 aromatic rings. The lowest BCUT2D eigenvalue weighted by Gasteiger charge is -2.37. The van der Waals surface area contributed by atoms with Gasteiger partial charge in [0, 0.05) is 43.9 Å². The maximum absolute atomic E-state index is 13.3. The summed E-state index contributed by atoms with van der Waals surface area (Å²) < 4.78 is 0. The van der Waals surface area contributed by atoms with Crippen LogP contribution in [0.3, 0.4) is 0 Å². The predicted molar refractivity (Wildman–Crippen MR) is 144 cm³/mol. The minimum Gasteiger partial charge on any atom is -0.384 e. The fourth-order valence-corrected chi connectivity index (χ4v) is 5.25. The van der Waals surface area contributed by atoms with Crippen molar-refractivity contribution in [2.75, 3.05) is 31.9 Å². The summed E-state index contributed by atoms with van der Waals surface area (Å²) in [5, 5.41) is 4.53. The number of hydrogen-bond donors (Lipinski definition) is 1. The van der Waals surface area contributed by atoms with Gasteiger partial charge in [-0.15, -0.1) is 0 Å². The number of carbonyl (C=O) groups excluding carboxylic acids is 1. The number of benzene rings is 1. The van der Waals surface area contributed by atoms with Gasteiger partial charge in [-0.25, -0.2) is 4.98 Å². The molecule has 8 heteroatoms. The quantitative estimate of drug-likeness (QED) is 0.391. The van der Waals surface area contributed by atoms with Crippen molar-refractivity contribution in [3.63, 3.8) is 0 Å². The first-order valence-corrected chi connectivity index (χ1v) is 13.1. The topological polar surface area (TPSA) is 96.9 Å². The zero-order valence-electron chi connectivity index (χ0n) is 21.1. The maximum atomic E-state index is 13.3. The van der Waals surface area contributed by atoms with Gasteiger partial charge in [0.15, 0.2) is 5.75 Å². The number of likely N-dealkylation sites (tertiary alicyclic amines) is 2. The highest BCUT2D eigenvalue weighted by Crippen LogP contribution is 2.27. The number of piperidine rings is 2. The number of pyridine rings is 2. The van der Waals surface area contributed by atoms with Crippen LogP contribution in [0.4, 0.5) is 5.82 Å². The van der Waals surface area contributed by atoms with Crippen molar-refractivity contribution in [2.24, 2.45) is 17.0 Å². The standard InChI is InChI=1S/C29H34N6O2/c30-27-20-22(9-15-32-27)21-34-16-10-24(11-17-34)29(36)35-18-12-23(13-19-35)28(26-8-4-5-14-31-26)33-37-25-6-2-1-3-7-25/h1-9,14-15,20,23-24H,10-13,16-19,21H2,(H2,30,32)/b33-28+. The van der Waals surface area contributed by atoms with E-state index in [4.69, 9.17) is 10.6 Å². The molecular formula is C29H34N6O2. The lowest BCUT2D eigenvalue weighted by Crippen LogP contribution is -2.46. The van der Waals surface area contributed by atoms with Gasteiger partial charge in [-0.1, -0.05) is 29.4 Å². The van der Waals surface area contributed by atoms with E-state index < -0.39 is 0 Å². The van der Waals surface area contributed by atoms with E-state index in [1.54, 1.807) is 12.4 Å². The molecule has 37 heavy (non-hydrogen) atoms. The monoisotopic (exact) mass is 498 g/mol. The Labute approximate surface area is 218 Å². The number of para-hydroxylation sites is 1. The number of rotatable bonds is 7. The number of nitrogens with zero attached hydrogens (tertiary/aromatic N) is 5. The Morgan fingerprint density at radius 2 is 1.62 bits per heavy atom. The Balaban J connectivity index is 1.15. The first-order valence-electron chi connectivity index (χ1n) is 13.1. The highest BCUT2D eigenvalue weighted by atomic mass is 16.6. The third-order valence-corrected chi connectivity index (χ3v) is 7.30. The number of hydrogen-bond acceptors (Lipinski definition) is 7. The van der Waals surface area contributed by atoms with Gasteiger partial charge in [0.25, 0.3) is 0 Å². The van der Waals surface area contributed by atoms with Crippen molar-refractivity contribution in [2.45, 2.75) is 32.2 Å². The van der Waals surface area contributed by atoms with E-state index >= 15 is 0 Å². The van der Waals surface area contributed by atoms with Gasteiger partial charge in [0.1, 0.15) is 11.5 Å². The van der Waals surface area contributed by atoms with Crippen LogP contribution in [-0.4, -0.2) is 57.6 Å². The molecule has 2 saturated heterocycles. The van der Waals surface area contributed by atoms with Crippen LogP contribution in [0.15, 0.2) is 78.2 Å². The predicted octanol–water partition coefficient (Wildman–Crippen LogP) is 3.99. The molecule has 1 amide bonds. The van der Waals surface area contributed by atoms with E-state index in [9.17, 15) is 4.79 Å². The molecule has 0 bridgehead atoms. The third-order valence-electron chi connectivity index (χ3n) is 7.30. The molecule has 1 aromatic carbocycles. The van der Waals surface area contributed by atoms with E-state index in [1.807, 2.05) is 60.7 Å². The lowest BCUT2D eigenvalue weighted by molar-refractivity contribution is -0.138. The van der Waals surface area contributed by atoms with Crippen LogP contribution in [0.25, 0.3) is 0 Å². The van der Waals surface area contributed by atoms with Crippen molar-refractivity contribution in [3.05, 3.63) is 84.3 Å². The molecule has 0 spiro atoms. The summed E-state index contributed by atoms with van der Waals surface area (Å²) in [4.78, 5) is 32.1. The molecule has 5 rings (SSSR count). The van der Waals surface area contributed by atoms with Crippen molar-refractivity contribution in [1.82, 2.24) is 19.8 Å². The SMILES string of the molecule is Nc1cc(CN2CCC(C(=O)N3CCC(/C(=N\Oc4ccccc4)c4ccccn4)CC3)CC2)ccn1. The van der Waals surface area contributed by atoms with E-state index in [0.29, 0.717) is 17.5 Å². The Morgan fingerprint density at radius 1 is 0.892 bits per heavy atom. The molecule has 0 aliphatic carbocycles. The fraction of sp³-hybridized carbons (Fsp3) is 0.379. The van der Waals surface area contributed by atoms with Crippen LogP contribution in [0.5, 0.6) is 5.75 Å². The first kappa shape index (κ1) is 24.9. The molecule has 0 radical (unpaired) electrons. The highest BCUT2D eigenvalue weighted by molar-refractivity contribution is 6.00. The molecule has 192 valence electrons. The molecule has 2 fully saturated rings. The highest BCUT2D eigenvalue weighted by Gasteiger charge is 2.33. The van der Waals surface area contributed by atoms with Gasteiger partial charge in [0.2, 0.25) is 5.91 Å². The van der Waals surface area contributed by atoms with Crippen LogP contribution in [-0.2, 0) is 11.3 Å². The molecular weight excluding hydrogens is 464 g/mol. The normalized spacial score (nSPS) is 18.1. The van der Waals surface area contributed by atoms with Crippen molar-refractivity contribution >= 4 is 17.4 Å². The summed E-state index contributed by atoms with van der Waals surface area (Å²) in [6.45, 7) is 4.15. The number of anilines is 1. The van der Waals surface area contributed by atoms with Gasteiger partial charge in [0.05, 0.1) is 5.69 Å². The average Bonchev–Trinajstić information content (AvgIpc) is 2.95. The molecule has 2 N–H and O–H groups in total. The van der Waals surface area contributed by atoms with Gasteiger partial charge in [-0.05, 0) is 80.7 Å². The van der Waals surface area contributed by atoms with E-state index in [-0.39, 0.29) is 11.8 Å². The first-order chi connectivity index (χ1) is 18.2. The summed E-state index contributed by atoms with van der Waals surface area (Å²) >= 11 is 0. The number of oxime groups is 1. The molecule has 2 aliphatic heterocycles. The van der Waals surface area contributed by atoms with E-state index in [0.717, 1.165) is 69.8 Å². The van der Waals surface area contributed by atoms with Crippen LogP contribution in [0, 0.1) is 11.8 Å². The van der Waals surface area contributed by atoms with Crippen LogP contribution < -0.4 is 10.6 Å². The molecule has 0 atom stereocenters. The average molecular weight is 499 g/mol. The van der Waals surface area contributed by atoms with Crippen LogP contribution in [0.1, 0.15) is 36.9 Å². The van der Waals surface area contributed by atoms with E-state index in [2.05, 4.69) is 24.9 Å². The minimum absolute atomic E-state index is 0.0978. The Morgan fingerprint density at radius 3 is 2.32 bits per heavy atom. The van der Waals surface area contributed by atoms with Gasteiger partial charge in [-0.3, -0.25) is 14.7 Å². The van der Waals surface area contributed by atoms with Crippen LogP contribution >= 0.6 is 0 Å². The zero-order chi connectivity index (χ0) is 25.5. The fourth-order valence-electron chi connectivity index (χ4n) is 5.25. The van der Waals surface area contributed by atoms with E-state index in [1.165, 1.54) is 5.56 Å². The molecule has 0 saturated carbocycles. The van der Waals surface area contributed by atoms with Crippen molar-refractivity contribution in [3.8, 4) is 5.75 Å². The Kier molecular flexibility index (Phi) is 8.05.